The zero-order valence-electron chi connectivity index (χ0n) is 9.83. The van der Waals surface area contributed by atoms with E-state index in [1.807, 2.05) is 0 Å². The Morgan fingerprint density at radius 1 is 1.47 bits per heavy atom. The lowest BCUT2D eigenvalue weighted by atomic mass is 10.1. The number of nitrogens with zero attached hydrogens (tertiary/aromatic N) is 2. The number of ether oxygens (including phenoxy) is 1. The molecular formula is C11H17F3N2O. The first-order valence-electron chi connectivity index (χ1n) is 5.70. The van der Waals surface area contributed by atoms with Gasteiger partial charge in [-0.25, -0.2) is 0 Å². The standard InChI is InChI=1S/C11H17F3N2O/c1-16(7-9(6-15)11(12,13)14)8-10-4-2-3-5-17-10/h9-10H,2-5,7-8H2,1H3. The van der Waals surface area contributed by atoms with E-state index in [2.05, 4.69) is 0 Å². The molecule has 0 bridgehead atoms. The molecule has 1 heterocycles. The first-order chi connectivity index (χ1) is 7.93. The maximum absolute atomic E-state index is 12.4. The molecule has 2 atom stereocenters. The summed E-state index contributed by atoms with van der Waals surface area (Å²) in [6.07, 6.45) is -1.49. The fourth-order valence-electron chi connectivity index (χ4n) is 1.90. The van der Waals surface area contributed by atoms with Crippen LogP contribution in [0.4, 0.5) is 13.2 Å². The fraction of sp³-hybridized carbons (Fsp3) is 0.909. The van der Waals surface area contributed by atoms with Gasteiger partial charge in [0.2, 0.25) is 0 Å². The van der Waals surface area contributed by atoms with Crippen LogP contribution in [0.25, 0.3) is 0 Å². The third kappa shape index (κ3) is 4.92. The van der Waals surface area contributed by atoms with E-state index in [-0.39, 0.29) is 12.6 Å². The molecule has 2 unspecified atom stereocenters. The minimum Gasteiger partial charge on any atom is -0.377 e. The molecule has 1 aliphatic heterocycles. The summed E-state index contributed by atoms with van der Waals surface area (Å²) in [4.78, 5) is 1.53. The molecule has 1 rings (SSSR count). The molecule has 1 fully saturated rings. The van der Waals surface area contributed by atoms with Crippen molar-refractivity contribution in [3.63, 3.8) is 0 Å². The monoisotopic (exact) mass is 250 g/mol. The maximum Gasteiger partial charge on any atom is 0.405 e. The molecule has 3 nitrogen and oxygen atoms in total. The van der Waals surface area contributed by atoms with E-state index in [0.29, 0.717) is 13.2 Å². The van der Waals surface area contributed by atoms with E-state index in [1.165, 1.54) is 11.0 Å². The molecule has 0 aromatic rings. The van der Waals surface area contributed by atoms with E-state index >= 15 is 0 Å². The molecule has 0 aromatic carbocycles. The number of alkyl halides is 3. The van der Waals surface area contributed by atoms with Crippen LogP contribution < -0.4 is 0 Å². The van der Waals surface area contributed by atoms with E-state index in [1.54, 1.807) is 7.05 Å². The molecule has 0 saturated carbocycles. The van der Waals surface area contributed by atoms with Crippen LogP contribution in [0, 0.1) is 17.2 Å². The molecule has 1 aliphatic rings. The summed E-state index contributed by atoms with van der Waals surface area (Å²) < 4.78 is 42.6. The van der Waals surface area contributed by atoms with Gasteiger partial charge in [-0.2, -0.15) is 18.4 Å². The van der Waals surface area contributed by atoms with Gasteiger partial charge < -0.3 is 9.64 Å². The van der Waals surface area contributed by atoms with Crippen LogP contribution in [0.3, 0.4) is 0 Å². The van der Waals surface area contributed by atoms with Gasteiger partial charge in [-0.05, 0) is 26.3 Å². The number of hydrogen-bond acceptors (Lipinski definition) is 3. The van der Waals surface area contributed by atoms with Gasteiger partial charge in [0.25, 0.3) is 0 Å². The van der Waals surface area contributed by atoms with Gasteiger partial charge in [-0.1, -0.05) is 0 Å². The lowest BCUT2D eigenvalue weighted by Gasteiger charge is -2.28. The minimum absolute atomic E-state index is 0.00123. The third-order valence-corrected chi connectivity index (χ3v) is 2.83. The SMILES string of the molecule is CN(CC1CCCCO1)CC(C#N)C(F)(F)F. The van der Waals surface area contributed by atoms with Gasteiger partial charge in [0, 0.05) is 19.7 Å². The average molecular weight is 250 g/mol. The van der Waals surface area contributed by atoms with Crippen molar-refractivity contribution in [2.24, 2.45) is 5.92 Å². The molecule has 0 N–H and O–H groups in total. The molecule has 98 valence electrons. The van der Waals surface area contributed by atoms with Crippen LogP contribution in [0.5, 0.6) is 0 Å². The zero-order chi connectivity index (χ0) is 12.9. The highest BCUT2D eigenvalue weighted by Crippen LogP contribution is 2.26. The Bertz CT molecular complexity index is 269. The number of hydrogen-bond donors (Lipinski definition) is 0. The van der Waals surface area contributed by atoms with Crippen molar-refractivity contribution in [2.45, 2.75) is 31.5 Å². The summed E-state index contributed by atoms with van der Waals surface area (Å²) >= 11 is 0. The summed E-state index contributed by atoms with van der Waals surface area (Å²) in [6.45, 7) is 0.841. The lowest BCUT2D eigenvalue weighted by molar-refractivity contribution is -0.163. The van der Waals surface area contributed by atoms with Crippen LogP contribution in [-0.2, 0) is 4.74 Å². The molecule has 1 saturated heterocycles. The van der Waals surface area contributed by atoms with Gasteiger partial charge in [0.1, 0.15) is 0 Å². The Balaban J connectivity index is 2.37. The van der Waals surface area contributed by atoms with E-state index in [4.69, 9.17) is 10.00 Å². The second-order valence-corrected chi connectivity index (χ2v) is 4.43. The third-order valence-electron chi connectivity index (χ3n) is 2.83. The summed E-state index contributed by atoms with van der Waals surface area (Å²) in [6, 6.07) is 1.30. The van der Waals surface area contributed by atoms with Crippen LogP contribution in [-0.4, -0.2) is 43.9 Å². The van der Waals surface area contributed by atoms with Crippen molar-refractivity contribution in [3.05, 3.63) is 0 Å². The van der Waals surface area contributed by atoms with Gasteiger partial charge >= 0.3 is 6.18 Å². The van der Waals surface area contributed by atoms with Crippen LogP contribution in [0.1, 0.15) is 19.3 Å². The van der Waals surface area contributed by atoms with Gasteiger partial charge in [-0.3, -0.25) is 0 Å². The van der Waals surface area contributed by atoms with Gasteiger partial charge in [0.05, 0.1) is 12.2 Å². The summed E-state index contributed by atoms with van der Waals surface area (Å²) in [5.74, 6) is -1.92. The second kappa shape index (κ2) is 6.22. The van der Waals surface area contributed by atoms with Crippen molar-refractivity contribution >= 4 is 0 Å². The van der Waals surface area contributed by atoms with Crippen molar-refractivity contribution in [1.29, 1.82) is 5.26 Å². The fourth-order valence-corrected chi connectivity index (χ4v) is 1.90. The van der Waals surface area contributed by atoms with Crippen molar-refractivity contribution < 1.29 is 17.9 Å². The molecule has 0 spiro atoms. The quantitative estimate of drug-likeness (QED) is 0.767. The first-order valence-corrected chi connectivity index (χ1v) is 5.70. The Morgan fingerprint density at radius 2 is 2.18 bits per heavy atom. The maximum atomic E-state index is 12.4. The Labute approximate surface area is 99.1 Å². The molecular weight excluding hydrogens is 233 g/mol. The largest absolute Gasteiger partial charge is 0.405 e. The number of likely N-dealkylation sites (N-methyl/N-ethyl adjacent to an activating group) is 1. The molecule has 17 heavy (non-hydrogen) atoms. The summed E-state index contributed by atoms with van der Waals surface area (Å²) in [7, 11) is 1.59. The highest BCUT2D eigenvalue weighted by Gasteiger charge is 2.40. The predicted molar refractivity (Wildman–Crippen MR) is 56.2 cm³/mol. The summed E-state index contributed by atoms with van der Waals surface area (Å²) in [5, 5.41) is 8.49. The average Bonchev–Trinajstić information content (AvgIpc) is 2.25. The van der Waals surface area contributed by atoms with E-state index in [0.717, 1.165) is 19.3 Å². The van der Waals surface area contributed by atoms with Crippen molar-refractivity contribution in [2.75, 3.05) is 26.7 Å². The normalized spacial score (nSPS) is 23.4. The number of nitriles is 1. The van der Waals surface area contributed by atoms with Gasteiger partial charge in [0.15, 0.2) is 5.92 Å². The van der Waals surface area contributed by atoms with Crippen LogP contribution in [0.15, 0.2) is 0 Å². The zero-order valence-corrected chi connectivity index (χ0v) is 9.83. The second-order valence-electron chi connectivity index (χ2n) is 4.43. The Hall–Kier alpha value is -0.800. The molecule has 0 amide bonds. The van der Waals surface area contributed by atoms with Crippen LogP contribution >= 0.6 is 0 Å². The number of rotatable bonds is 4. The van der Waals surface area contributed by atoms with Crippen molar-refractivity contribution in [3.8, 4) is 6.07 Å². The van der Waals surface area contributed by atoms with Crippen LogP contribution in [0.2, 0.25) is 0 Å². The Morgan fingerprint density at radius 3 is 2.65 bits per heavy atom. The molecule has 6 heteroatoms. The number of halogens is 3. The topological polar surface area (TPSA) is 36.3 Å². The highest BCUT2D eigenvalue weighted by atomic mass is 19.4. The minimum atomic E-state index is -4.45. The highest BCUT2D eigenvalue weighted by molar-refractivity contribution is 4.90. The van der Waals surface area contributed by atoms with E-state index < -0.39 is 12.1 Å². The lowest BCUT2D eigenvalue weighted by Crippen LogP contribution is -2.39. The molecule has 0 radical (unpaired) electrons. The van der Waals surface area contributed by atoms with Crippen molar-refractivity contribution in [1.82, 2.24) is 4.90 Å². The predicted octanol–water partition coefficient (Wildman–Crippen LogP) is 2.19. The summed E-state index contributed by atoms with van der Waals surface area (Å²) in [5.41, 5.74) is 0. The smallest absolute Gasteiger partial charge is 0.377 e. The first kappa shape index (κ1) is 14.3. The molecule has 0 aromatic heterocycles. The van der Waals surface area contributed by atoms with Gasteiger partial charge in [-0.15, -0.1) is 0 Å². The van der Waals surface area contributed by atoms with E-state index in [9.17, 15) is 13.2 Å². The Kier molecular flexibility index (Phi) is 5.22. The molecule has 0 aliphatic carbocycles.